The number of aliphatic hydroxyl groups is 1. The summed E-state index contributed by atoms with van der Waals surface area (Å²) in [4.78, 5) is 37.2. The summed E-state index contributed by atoms with van der Waals surface area (Å²) >= 11 is 0. The van der Waals surface area contributed by atoms with Crippen molar-refractivity contribution in [3.8, 4) is 0 Å². The number of hydrogen-bond donors (Lipinski definition) is 1. The molecule has 8 heteroatoms. The summed E-state index contributed by atoms with van der Waals surface area (Å²) < 4.78 is 2.10. The van der Waals surface area contributed by atoms with E-state index in [4.69, 9.17) is 0 Å². The van der Waals surface area contributed by atoms with Gasteiger partial charge in [0.1, 0.15) is 6.04 Å². The lowest BCUT2D eigenvalue weighted by molar-refractivity contribution is -0.166. The Bertz CT molecular complexity index is 769. The lowest BCUT2D eigenvalue weighted by atomic mass is 9.71. The third-order valence-corrected chi connectivity index (χ3v) is 7.77. The largest absolute Gasteiger partial charge is 0.394 e. The molecule has 1 aromatic heterocycles. The molecule has 0 aromatic carbocycles. The molecule has 4 aliphatic heterocycles. The Morgan fingerprint density at radius 3 is 2.83 bits per heavy atom. The van der Waals surface area contributed by atoms with Gasteiger partial charge < -0.3 is 24.4 Å². The van der Waals surface area contributed by atoms with Crippen molar-refractivity contribution in [2.24, 2.45) is 11.8 Å². The van der Waals surface area contributed by atoms with Crippen LogP contribution in [0.2, 0.25) is 0 Å². The number of aliphatic hydroxyl groups excluding tert-OH is 1. The van der Waals surface area contributed by atoms with Crippen LogP contribution in [0.4, 0.5) is 0 Å². The van der Waals surface area contributed by atoms with Gasteiger partial charge in [0.05, 0.1) is 19.0 Å². The van der Waals surface area contributed by atoms with Gasteiger partial charge in [-0.1, -0.05) is 0 Å². The van der Waals surface area contributed by atoms with Crippen molar-refractivity contribution >= 4 is 11.8 Å². The minimum Gasteiger partial charge on any atom is -0.394 e. The number of carbonyl (C=O) groups is 2. The number of carbonyl (C=O) groups excluding carboxylic acids is 2. The Morgan fingerprint density at radius 2 is 2.03 bits per heavy atom. The Balaban J connectivity index is 1.38. The highest BCUT2D eigenvalue weighted by Gasteiger charge is 2.53. The van der Waals surface area contributed by atoms with Gasteiger partial charge in [-0.15, -0.1) is 0 Å². The second-order valence-electron chi connectivity index (χ2n) is 9.53. The number of amides is 2. The highest BCUT2D eigenvalue weighted by molar-refractivity contribution is 5.89. The normalized spacial score (nSPS) is 34.3. The van der Waals surface area contributed by atoms with Crippen LogP contribution in [0, 0.1) is 11.8 Å². The van der Waals surface area contributed by atoms with E-state index in [0.717, 1.165) is 58.3 Å². The Morgan fingerprint density at radius 1 is 1.17 bits per heavy atom. The fraction of sp³-hybridized carbons (Fsp3) is 0.773. The Labute approximate surface area is 177 Å². The van der Waals surface area contributed by atoms with Crippen molar-refractivity contribution < 1.29 is 14.7 Å². The molecule has 1 aromatic rings. The van der Waals surface area contributed by atoms with Crippen LogP contribution >= 0.6 is 0 Å². The van der Waals surface area contributed by atoms with Crippen LogP contribution in [0.25, 0.3) is 0 Å². The number of hydrogen-bond acceptors (Lipinski definition) is 5. The molecule has 30 heavy (non-hydrogen) atoms. The maximum Gasteiger partial charge on any atom is 0.246 e. The molecule has 5 rings (SSSR count). The molecule has 0 unspecified atom stereocenters. The van der Waals surface area contributed by atoms with Gasteiger partial charge in [-0.25, -0.2) is 4.98 Å². The standard InChI is InChI=1S/C22H33N5O3/c28-14-18-3-2-7-26(18)22(30)21-17-11-16(19-4-1-5-20(29)27(19)21)12-25(13-17)10-9-24-8-6-23-15-24/h6,8,15-19,21,28H,1-5,7,9-14H2/t16-,17+,18-,19-,21+/m0/s1. The first-order valence-electron chi connectivity index (χ1n) is 11.6. The predicted octanol–water partition coefficient (Wildman–Crippen LogP) is 0.568. The topological polar surface area (TPSA) is 81.9 Å². The van der Waals surface area contributed by atoms with Crippen LogP contribution in [0.1, 0.15) is 38.5 Å². The second-order valence-corrected chi connectivity index (χ2v) is 9.53. The fourth-order valence-corrected chi connectivity index (χ4v) is 6.41. The lowest BCUT2D eigenvalue weighted by Crippen LogP contribution is -2.69. The van der Waals surface area contributed by atoms with E-state index in [0.29, 0.717) is 18.9 Å². The van der Waals surface area contributed by atoms with E-state index in [1.54, 1.807) is 6.20 Å². The molecule has 5 heterocycles. The summed E-state index contributed by atoms with van der Waals surface area (Å²) in [6.45, 7) is 4.41. The van der Waals surface area contributed by atoms with Crippen LogP contribution in [0.5, 0.6) is 0 Å². The highest BCUT2D eigenvalue weighted by Crippen LogP contribution is 2.42. The van der Waals surface area contributed by atoms with Crippen molar-refractivity contribution in [1.29, 1.82) is 0 Å². The first-order chi connectivity index (χ1) is 14.7. The van der Waals surface area contributed by atoms with E-state index in [9.17, 15) is 14.7 Å². The quantitative estimate of drug-likeness (QED) is 0.760. The Hall–Kier alpha value is -1.93. The number of nitrogens with zero attached hydrogens (tertiary/aromatic N) is 5. The number of likely N-dealkylation sites (tertiary alicyclic amines) is 2. The maximum atomic E-state index is 13.7. The molecule has 0 spiro atoms. The number of rotatable bonds is 5. The highest BCUT2D eigenvalue weighted by atomic mass is 16.3. The van der Waals surface area contributed by atoms with E-state index >= 15 is 0 Å². The smallest absolute Gasteiger partial charge is 0.246 e. The van der Waals surface area contributed by atoms with Gasteiger partial charge in [-0.3, -0.25) is 9.59 Å². The molecule has 4 saturated heterocycles. The second kappa shape index (κ2) is 8.30. The molecule has 4 aliphatic rings. The predicted molar refractivity (Wildman–Crippen MR) is 110 cm³/mol. The van der Waals surface area contributed by atoms with Crippen LogP contribution in [0.3, 0.4) is 0 Å². The average molecular weight is 416 g/mol. The van der Waals surface area contributed by atoms with Crippen LogP contribution in [0.15, 0.2) is 18.7 Å². The average Bonchev–Trinajstić information content (AvgIpc) is 3.44. The van der Waals surface area contributed by atoms with Crippen molar-refractivity contribution in [2.75, 3.05) is 32.8 Å². The van der Waals surface area contributed by atoms with Crippen molar-refractivity contribution in [3.05, 3.63) is 18.7 Å². The first kappa shape index (κ1) is 20.0. The van der Waals surface area contributed by atoms with Crippen molar-refractivity contribution in [3.63, 3.8) is 0 Å². The van der Waals surface area contributed by atoms with E-state index in [1.165, 1.54) is 0 Å². The third kappa shape index (κ3) is 3.54. The molecular formula is C22H33N5O3. The molecular weight excluding hydrogens is 382 g/mol. The first-order valence-corrected chi connectivity index (χ1v) is 11.6. The molecule has 0 aliphatic carbocycles. The van der Waals surface area contributed by atoms with E-state index < -0.39 is 0 Å². The van der Waals surface area contributed by atoms with Crippen molar-refractivity contribution in [1.82, 2.24) is 24.3 Å². The zero-order valence-corrected chi connectivity index (χ0v) is 17.6. The van der Waals surface area contributed by atoms with Gasteiger partial charge >= 0.3 is 0 Å². The number of piperidine rings is 3. The van der Waals surface area contributed by atoms with Gasteiger partial charge in [-0.2, -0.15) is 0 Å². The lowest BCUT2D eigenvalue weighted by Gasteiger charge is -2.56. The summed E-state index contributed by atoms with van der Waals surface area (Å²) in [6, 6.07) is -0.264. The van der Waals surface area contributed by atoms with Crippen LogP contribution < -0.4 is 0 Å². The minimum atomic E-state index is -0.359. The van der Waals surface area contributed by atoms with Gasteiger partial charge in [-0.05, 0) is 38.0 Å². The summed E-state index contributed by atoms with van der Waals surface area (Å²) in [7, 11) is 0. The van der Waals surface area contributed by atoms with E-state index in [1.807, 2.05) is 22.3 Å². The molecule has 5 atom stereocenters. The SMILES string of the molecule is O=C([C@H]1[C@@H]2C[C@@H](CN(CCn3ccnc3)C2)[C@@H]2CCCC(=O)N21)N1CCC[C@H]1CO. The number of imidazole rings is 1. The van der Waals surface area contributed by atoms with Crippen LogP contribution in [-0.2, 0) is 16.1 Å². The molecule has 0 radical (unpaired) electrons. The summed E-state index contributed by atoms with van der Waals surface area (Å²) in [5.74, 6) is 0.863. The van der Waals surface area contributed by atoms with Crippen LogP contribution in [-0.4, -0.2) is 92.1 Å². The monoisotopic (exact) mass is 415 g/mol. The molecule has 1 N–H and O–H groups in total. The van der Waals surface area contributed by atoms with Gasteiger partial charge in [0.2, 0.25) is 11.8 Å². The van der Waals surface area contributed by atoms with Gasteiger partial charge in [0.25, 0.3) is 0 Å². The van der Waals surface area contributed by atoms with Gasteiger partial charge in [0.15, 0.2) is 0 Å². The number of aromatic nitrogens is 2. The molecule has 164 valence electrons. The zero-order chi connectivity index (χ0) is 20.7. The number of fused-ring (bicyclic) bond motifs is 4. The molecule has 0 saturated carbocycles. The third-order valence-electron chi connectivity index (χ3n) is 7.77. The molecule has 2 amide bonds. The van der Waals surface area contributed by atoms with Crippen molar-refractivity contribution in [2.45, 2.75) is 63.2 Å². The molecule has 2 bridgehead atoms. The fourth-order valence-electron chi connectivity index (χ4n) is 6.41. The van der Waals surface area contributed by atoms with Gasteiger partial charge in [0, 0.05) is 63.5 Å². The van der Waals surface area contributed by atoms with E-state index in [2.05, 4.69) is 14.5 Å². The van der Waals surface area contributed by atoms with E-state index in [-0.39, 0.29) is 42.5 Å². The molecule has 4 fully saturated rings. The summed E-state index contributed by atoms with van der Waals surface area (Å²) in [5.41, 5.74) is 0. The summed E-state index contributed by atoms with van der Waals surface area (Å²) in [6.07, 6.45) is 11.0. The maximum absolute atomic E-state index is 13.7. The summed E-state index contributed by atoms with van der Waals surface area (Å²) in [5, 5.41) is 9.76. The zero-order valence-electron chi connectivity index (χ0n) is 17.6. The Kier molecular flexibility index (Phi) is 5.54. The molecule has 8 nitrogen and oxygen atoms in total. The minimum absolute atomic E-state index is 0.0140.